The van der Waals surface area contributed by atoms with Crippen LogP contribution in [0.3, 0.4) is 0 Å². The Hall–Kier alpha value is -2.11. The molecule has 1 rings (SSSR count). The molecule has 0 unspecified atom stereocenters. The van der Waals surface area contributed by atoms with E-state index in [-0.39, 0.29) is 12.5 Å². The lowest BCUT2D eigenvalue weighted by Crippen LogP contribution is -2.30. The molecule has 6 heteroatoms. The molecule has 0 bridgehead atoms. The van der Waals surface area contributed by atoms with Gasteiger partial charge in [-0.1, -0.05) is 0 Å². The van der Waals surface area contributed by atoms with Gasteiger partial charge in [-0.05, 0) is 12.1 Å². The molecule has 1 heterocycles. The highest BCUT2D eigenvalue weighted by molar-refractivity contribution is 5.96. The molecule has 0 atom stereocenters. The molecule has 0 aliphatic rings. The van der Waals surface area contributed by atoms with Gasteiger partial charge in [-0.25, -0.2) is 4.98 Å². The summed E-state index contributed by atoms with van der Waals surface area (Å²) < 4.78 is 4.42. The number of hydrogen-bond acceptors (Lipinski definition) is 5. The third-order valence-corrected chi connectivity index (χ3v) is 2.09. The Morgan fingerprint density at radius 2 is 2.18 bits per heavy atom. The zero-order valence-corrected chi connectivity index (χ0v) is 10.1. The van der Waals surface area contributed by atoms with Gasteiger partial charge in [0.2, 0.25) is 0 Å². The van der Waals surface area contributed by atoms with Gasteiger partial charge in [0.1, 0.15) is 12.4 Å². The minimum Gasteiger partial charge on any atom is -0.468 e. The number of rotatable bonds is 4. The third kappa shape index (κ3) is 3.75. The second kappa shape index (κ2) is 5.83. The molecule has 6 nitrogen and oxygen atoms in total. The van der Waals surface area contributed by atoms with Gasteiger partial charge in [0.15, 0.2) is 0 Å². The maximum Gasteiger partial charge on any atom is 0.325 e. The summed E-state index contributed by atoms with van der Waals surface area (Å²) >= 11 is 0. The van der Waals surface area contributed by atoms with Crippen LogP contribution in [0.25, 0.3) is 0 Å². The molecule has 0 aromatic carbocycles. The normalized spacial score (nSPS) is 9.59. The van der Waals surface area contributed by atoms with Crippen molar-refractivity contribution in [3.8, 4) is 0 Å². The van der Waals surface area contributed by atoms with Gasteiger partial charge in [0.05, 0.1) is 7.11 Å². The first-order valence-electron chi connectivity index (χ1n) is 5.03. The lowest BCUT2D eigenvalue weighted by Gasteiger charge is -2.11. The van der Waals surface area contributed by atoms with Crippen molar-refractivity contribution in [1.29, 1.82) is 0 Å². The van der Waals surface area contributed by atoms with E-state index in [4.69, 9.17) is 0 Å². The van der Waals surface area contributed by atoms with Gasteiger partial charge >= 0.3 is 5.97 Å². The van der Waals surface area contributed by atoms with Gasteiger partial charge in [-0.15, -0.1) is 0 Å². The number of methoxy groups -OCH3 is 1. The number of ether oxygens (including phenoxy) is 1. The van der Waals surface area contributed by atoms with Crippen molar-refractivity contribution in [1.82, 2.24) is 10.3 Å². The standard InChI is InChI=1S/C11H15N3O3/c1-14(2)9-6-8(4-5-12-9)11(16)13-7-10(15)17-3/h4-6H,7H2,1-3H3,(H,13,16). The van der Waals surface area contributed by atoms with Crippen LogP contribution in [-0.2, 0) is 9.53 Å². The second-order valence-electron chi connectivity index (χ2n) is 3.56. The smallest absolute Gasteiger partial charge is 0.325 e. The topological polar surface area (TPSA) is 71.5 Å². The van der Waals surface area contributed by atoms with Gasteiger partial charge in [-0.3, -0.25) is 9.59 Å². The Morgan fingerprint density at radius 3 is 2.76 bits per heavy atom. The van der Waals surface area contributed by atoms with E-state index in [1.807, 2.05) is 14.1 Å². The fraction of sp³-hybridized carbons (Fsp3) is 0.364. The molecule has 0 radical (unpaired) electrons. The quantitative estimate of drug-likeness (QED) is 0.749. The lowest BCUT2D eigenvalue weighted by atomic mass is 10.2. The molecule has 17 heavy (non-hydrogen) atoms. The summed E-state index contributed by atoms with van der Waals surface area (Å²) in [4.78, 5) is 28.4. The molecule has 92 valence electrons. The number of nitrogens with zero attached hydrogens (tertiary/aromatic N) is 2. The number of nitrogens with one attached hydrogen (secondary N) is 1. The van der Waals surface area contributed by atoms with Gasteiger partial charge < -0.3 is 15.0 Å². The summed E-state index contributed by atoms with van der Waals surface area (Å²) in [6, 6.07) is 3.23. The van der Waals surface area contributed by atoms with Crippen LogP contribution < -0.4 is 10.2 Å². The second-order valence-corrected chi connectivity index (χ2v) is 3.56. The van der Waals surface area contributed by atoms with E-state index in [0.717, 1.165) is 0 Å². The highest BCUT2D eigenvalue weighted by Crippen LogP contribution is 2.09. The van der Waals surface area contributed by atoms with Crippen molar-refractivity contribution in [2.24, 2.45) is 0 Å². The molecule has 0 saturated heterocycles. The van der Waals surface area contributed by atoms with Crippen molar-refractivity contribution in [3.63, 3.8) is 0 Å². The average molecular weight is 237 g/mol. The maximum absolute atomic E-state index is 11.7. The number of pyridine rings is 1. The minimum atomic E-state index is -0.486. The summed E-state index contributed by atoms with van der Waals surface area (Å²) in [6.45, 7) is -0.144. The van der Waals surface area contributed by atoms with Crippen LogP contribution in [0, 0.1) is 0 Å². The zero-order chi connectivity index (χ0) is 12.8. The van der Waals surface area contributed by atoms with E-state index < -0.39 is 5.97 Å². The maximum atomic E-state index is 11.7. The molecule has 0 aliphatic heterocycles. The van der Waals surface area contributed by atoms with Crippen LogP contribution in [0.4, 0.5) is 5.82 Å². The average Bonchev–Trinajstić information content (AvgIpc) is 2.35. The first-order valence-corrected chi connectivity index (χ1v) is 5.03. The summed E-state index contributed by atoms with van der Waals surface area (Å²) in [5.74, 6) is -0.142. The highest BCUT2D eigenvalue weighted by atomic mass is 16.5. The molecule has 0 fully saturated rings. The summed E-state index contributed by atoms with van der Waals surface area (Å²) in [6.07, 6.45) is 1.54. The lowest BCUT2D eigenvalue weighted by molar-refractivity contribution is -0.139. The van der Waals surface area contributed by atoms with Gasteiger partial charge in [-0.2, -0.15) is 0 Å². The number of esters is 1. The number of carbonyl (C=O) groups is 2. The predicted octanol–water partition coefficient (Wildman–Crippen LogP) is 0.0504. The van der Waals surface area contributed by atoms with Crippen LogP contribution in [-0.4, -0.2) is 44.6 Å². The van der Waals surface area contributed by atoms with Crippen molar-refractivity contribution in [3.05, 3.63) is 23.9 Å². The number of carbonyl (C=O) groups excluding carboxylic acids is 2. The summed E-state index contributed by atoms with van der Waals surface area (Å²) in [5.41, 5.74) is 0.451. The van der Waals surface area contributed by atoms with E-state index in [9.17, 15) is 9.59 Å². The van der Waals surface area contributed by atoms with Crippen LogP contribution in [0.2, 0.25) is 0 Å². The predicted molar refractivity (Wildman–Crippen MR) is 62.9 cm³/mol. The van der Waals surface area contributed by atoms with E-state index >= 15 is 0 Å². The molecule has 0 saturated carbocycles. The Morgan fingerprint density at radius 1 is 1.47 bits per heavy atom. The Bertz CT molecular complexity index is 418. The Kier molecular flexibility index (Phi) is 4.45. The first kappa shape index (κ1) is 13.0. The molecule has 1 aromatic rings. The molecule has 1 N–H and O–H groups in total. The van der Waals surface area contributed by atoms with Crippen LogP contribution >= 0.6 is 0 Å². The minimum absolute atomic E-state index is 0.144. The van der Waals surface area contributed by atoms with E-state index in [1.54, 1.807) is 23.2 Å². The van der Waals surface area contributed by atoms with Gasteiger partial charge in [0, 0.05) is 25.9 Å². The Balaban J connectivity index is 2.69. The van der Waals surface area contributed by atoms with Crippen molar-refractivity contribution in [2.45, 2.75) is 0 Å². The molecule has 1 aromatic heterocycles. The molecular weight excluding hydrogens is 222 g/mol. The van der Waals surface area contributed by atoms with Gasteiger partial charge in [0.25, 0.3) is 5.91 Å². The third-order valence-electron chi connectivity index (χ3n) is 2.09. The summed E-state index contributed by atoms with van der Waals surface area (Å²) in [7, 11) is 4.93. The van der Waals surface area contributed by atoms with E-state index in [1.165, 1.54) is 7.11 Å². The van der Waals surface area contributed by atoms with E-state index in [2.05, 4.69) is 15.0 Å². The zero-order valence-electron chi connectivity index (χ0n) is 10.1. The van der Waals surface area contributed by atoms with Crippen LogP contribution in [0.1, 0.15) is 10.4 Å². The monoisotopic (exact) mass is 237 g/mol. The van der Waals surface area contributed by atoms with Crippen LogP contribution in [0.5, 0.6) is 0 Å². The Labute approximate surface area is 99.6 Å². The van der Waals surface area contributed by atoms with Crippen LogP contribution in [0.15, 0.2) is 18.3 Å². The fourth-order valence-electron chi connectivity index (χ4n) is 1.13. The summed E-state index contributed by atoms with van der Waals surface area (Å²) in [5, 5.41) is 2.46. The molecule has 1 amide bonds. The molecule has 0 spiro atoms. The largest absolute Gasteiger partial charge is 0.468 e. The molecule has 0 aliphatic carbocycles. The fourth-order valence-corrected chi connectivity index (χ4v) is 1.13. The first-order chi connectivity index (χ1) is 8.04. The number of amides is 1. The van der Waals surface area contributed by atoms with E-state index in [0.29, 0.717) is 11.4 Å². The molecular formula is C11H15N3O3. The van der Waals surface area contributed by atoms with Crippen molar-refractivity contribution < 1.29 is 14.3 Å². The van der Waals surface area contributed by atoms with Crippen molar-refractivity contribution >= 4 is 17.7 Å². The number of aromatic nitrogens is 1. The SMILES string of the molecule is COC(=O)CNC(=O)c1ccnc(N(C)C)c1. The number of hydrogen-bond donors (Lipinski definition) is 1. The number of anilines is 1. The highest BCUT2D eigenvalue weighted by Gasteiger charge is 2.09. The van der Waals surface area contributed by atoms with Crippen molar-refractivity contribution in [2.75, 3.05) is 32.6 Å².